The summed E-state index contributed by atoms with van der Waals surface area (Å²) in [5, 5.41) is 0. The summed E-state index contributed by atoms with van der Waals surface area (Å²) < 4.78 is 16.9. The van der Waals surface area contributed by atoms with Gasteiger partial charge in [-0.2, -0.15) is 0 Å². The van der Waals surface area contributed by atoms with Crippen LogP contribution < -0.4 is 15.2 Å². The van der Waals surface area contributed by atoms with Gasteiger partial charge in [0.2, 0.25) is 0 Å². The first-order chi connectivity index (χ1) is 9.22. The van der Waals surface area contributed by atoms with Gasteiger partial charge in [0.1, 0.15) is 18.1 Å². The van der Waals surface area contributed by atoms with Gasteiger partial charge in [0, 0.05) is 12.6 Å². The highest BCUT2D eigenvalue weighted by Gasteiger charge is 2.18. The van der Waals surface area contributed by atoms with Crippen LogP contribution in [0.25, 0.3) is 0 Å². The second-order valence-corrected chi connectivity index (χ2v) is 4.96. The van der Waals surface area contributed by atoms with E-state index in [1.165, 1.54) is 6.42 Å². The standard InChI is InChI=1S/C15H23NO3/c1-11(16)15-13(17-2)7-5-8-14(15)19-10-12-6-3-4-9-18-12/h5,7-8,11-12H,3-4,6,9-10,16H2,1-2H3/t11-,12?/m0/s1. The summed E-state index contributed by atoms with van der Waals surface area (Å²) in [4.78, 5) is 0. The Balaban J connectivity index is 2.06. The first kappa shape index (κ1) is 14.2. The zero-order chi connectivity index (χ0) is 13.7. The molecule has 0 spiro atoms. The fourth-order valence-corrected chi connectivity index (χ4v) is 2.40. The molecule has 2 rings (SSSR count). The molecule has 2 atom stereocenters. The molecule has 1 aliphatic heterocycles. The molecule has 19 heavy (non-hydrogen) atoms. The molecule has 1 heterocycles. The van der Waals surface area contributed by atoms with E-state index in [0.29, 0.717) is 6.61 Å². The third-order valence-corrected chi connectivity index (χ3v) is 3.40. The Kier molecular flexibility index (Phi) is 5.05. The zero-order valence-electron chi connectivity index (χ0n) is 11.7. The summed E-state index contributed by atoms with van der Waals surface area (Å²) in [6.07, 6.45) is 3.63. The second-order valence-electron chi connectivity index (χ2n) is 4.96. The van der Waals surface area contributed by atoms with Crippen molar-refractivity contribution in [3.8, 4) is 11.5 Å². The minimum atomic E-state index is -0.126. The third kappa shape index (κ3) is 3.61. The summed E-state index contributed by atoms with van der Waals surface area (Å²) in [5.74, 6) is 1.57. The maximum Gasteiger partial charge on any atom is 0.127 e. The van der Waals surface area contributed by atoms with Gasteiger partial charge in [-0.05, 0) is 38.3 Å². The minimum absolute atomic E-state index is 0.126. The van der Waals surface area contributed by atoms with Crippen LogP contribution in [-0.4, -0.2) is 26.4 Å². The second kappa shape index (κ2) is 6.78. The number of nitrogens with two attached hydrogens (primary N) is 1. The van der Waals surface area contributed by atoms with E-state index in [1.807, 2.05) is 25.1 Å². The van der Waals surface area contributed by atoms with Crippen LogP contribution in [0.2, 0.25) is 0 Å². The molecule has 0 bridgehead atoms. The molecule has 2 N–H and O–H groups in total. The van der Waals surface area contributed by atoms with E-state index < -0.39 is 0 Å². The van der Waals surface area contributed by atoms with Crippen LogP contribution in [0.4, 0.5) is 0 Å². The summed E-state index contributed by atoms with van der Waals surface area (Å²) in [5.41, 5.74) is 6.93. The molecule has 1 aliphatic rings. The average molecular weight is 265 g/mol. The first-order valence-corrected chi connectivity index (χ1v) is 6.89. The van der Waals surface area contributed by atoms with Crippen molar-refractivity contribution in [3.05, 3.63) is 23.8 Å². The Bertz CT molecular complexity index is 400. The lowest BCUT2D eigenvalue weighted by molar-refractivity contribution is -0.0113. The number of benzene rings is 1. The van der Waals surface area contributed by atoms with Crippen LogP contribution in [0.5, 0.6) is 11.5 Å². The highest BCUT2D eigenvalue weighted by Crippen LogP contribution is 2.33. The van der Waals surface area contributed by atoms with Crippen molar-refractivity contribution < 1.29 is 14.2 Å². The Labute approximate surface area is 114 Å². The Hall–Kier alpha value is -1.26. The highest BCUT2D eigenvalue weighted by molar-refractivity contribution is 5.46. The zero-order valence-corrected chi connectivity index (χ0v) is 11.7. The molecule has 0 aliphatic carbocycles. The fourth-order valence-electron chi connectivity index (χ4n) is 2.40. The van der Waals surface area contributed by atoms with Crippen molar-refractivity contribution in [2.45, 2.75) is 38.3 Å². The molecular formula is C15H23NO3. The minimum Gasteiger partial charge on any atom is -0.496 e. The lowest BCUT2D eigenvalue weighted by Gasteiger charge is -2.24. The van der Waals surface area contributed by atoms with Gasteiger partial charge in [0.25, 0.3) is 0 Å². The SMILES string of the molecule is COc1cccc(OCC2CCCCO2)c1[C@H](C)N. The highest BCUT2D eigenvalue weighted by atomic mass is 16.5. The molecule has 0 saturated carbocycles. The van der Waals surface area contributed by atoms with E-state index in [2.05, 4.69) is 0 Å². The van der Waals surface area contributed by atoms with Crippen LogP contribution in [0, 0.1) is 0 Å². The molecule has 1 unspecified atom stereocenters. The van der Waals surface area contributed by atoms with Gasteiger partial charge in [0.15, 0.2) is 0 Å². The maximum absolute atomic E-state index is 6.01. The molecule has 1 aromatic carbocycles. The van der Waals surface area contributed by atoms with Gasteiger partial charge in [-0.25, -0.2) is 0 Å². The van der Waals surface area contributed by atoms with Crippen molar-refractivity contribution in [2.24, 2.45) is 5.73 Å². The molecule has 0 aromatic heterocycles. The molecule has 4 nitrogen and oxygen atoms in total. The Morgan fingerprint density at radius 1 is 1.37 bits per heavy atom. The molecule has 1 aromatic rings. The molecule has 4 heteroatoms. The molecule has 1 fully saturated rings. The van der Waals surface area contributed by atoms with Crippen molar-refractivity contribution in [2.75, 3.05) is 20.3 Å². The largest absolute Gasteiger partial charge is 0.496 e. The predicted octanol–water partition coefficient (Wildman–Crippen LogP) is 2.66. The van der Waals surface area contributed by atoms with Crippen LogP contribution in [-0.2, 0) is 4.74 Å². The molecule has 106 valence electrons. The molecule has 0 amide bonds. The number of methoxy groups -OCH3 is 1. The molecular weight excluding hydrogens is 242 g/mol. The maximum atomic E-state index is 6.01. The quantitative estimate of drug-likeness (QED) is 0.889. The Morgan fingerprint density at radius 2 is 2.16 bits per heavy atom. The summed E-state index contributed by atoms with van der Waals surface area (Å²) >= 11 is 0. The number of hydrogen-bond acceptors (Lipinski definition) is 4. The number of rotatable bonds is 5. The molecule has 0 radical (unpaired) electrons. The summed E-state index contributed by atoms with van der Waals surface area (Å²) in [7, 11) is 1.65. The van der Waals surface area contributed by atoms with E-state index in [9.17, 15) is 0 Å². The Morgan fingerprint density at radius 3 is 2.79 bits per heavy atom. The van der Waals surface area contributed by atoms with Gasteiger partial charge in [-0.1, -0.05) is 6.07 Å². The first-order valence-electron chi connectivity index (χ1n) is 6.89. The van der Waals surface area contributed by atoms with E-state index in [1.54, 1.807) is 7.11 Å². The lowest BCUT2D eigenvalue weighted by Crippen LogP contribution is -2.26. The predicted molar refractivity (Wildman–Crippen MR) is 74.7 cm³/mol. The van der Waals surface area contributed by atoms with E-state index in [0.717, 1.165) is 36.5 Å². The topological polar surface area (TPSA) is 53.7 Å². The van der Waals surface area contributed by atoms with Crippen molar-refractivity contribution in [1.82, 2.24) is 0 Å². The van der Waals surface area contributed by atoms with E-state index in [-0.39, 0.29) is 12.1 Å². The monoisotopic (exact) mass is 265 g/mol. The van der Waals surface area contributed by atoms with E-state index >= 15 is 0 Å². The summed E-state index contributed by atoms with van der Waals surface area (Å²) in [6.45, 7) is 3.35. The van der Waals surface area contributed by atoms with Gasteiger partial charge in [-0.15, -0.1) is 0 Å². The fraction of sp³-hybridized carbons (Fsp3) is 0.600. The van der Waals surface area contributed by atoms with Crippen LogP contribution >= 0.6 is 0 Å². The third-order valence-electron chi connectivity index (χ3n) is 3.40. The smallest absolute Gasteiger partial charge is 0.127 e. The summed E-state index contributed by atoms with van der Waals surface area (Å²) in [6, 6.07) is 5.63. The van der Waals surface area contributed by atoms with Gasteiger partial charge in [0.05, 0.1) is 18.8 Å². The van der Waals surface area contributed by atoms with Gasteiger partial charge >= 0.3 is 0 Å². The van der Waals surface area contributed by atoms with Crippen LogP contribution in [0.15, 0.2) is 18.2 Å². The average Bonchev–Trinajstić information content (AvgIpc) is 2.45. The van der Waals surface area contributed by atoms with Crippen molar-refractivity contribution in [1.29, 1.82) is 0 Å². The molecule has 1 saturated heterocycles. The normalized spacial score (nSPS) is 20.9. The number of hydrogen-bond donors (Lipinski definition) is 1. The van der Waals surface area contributed by atoms with Gasteiger partial charge < -0.3 is 19.9 Å². The van der Waals surface area contributed by atoms with Crippen LogP contribution in [0.1, 0.15) is 37.8 Å². The van der Waals surface area contributed by atoms with Crippen molar-refractivity contribution >= 4 is 0 Å². The van der Waals surface area contributed by atoms with Crippen molar-refractivity contribution in [3.63, 3.8) is 0 Å². The number of ether oxygens (including phenoxy) is 3. The van der Waals surface area contributed by atoms with E-state index in [4.69, 9.17) is 19.9 Å². The van der Waals surface area contributed by atoms with Gasteiger partial charge in [-0.3, -0.25) is 0 Å². The van der Waals surface area contributed by atoms with Crippen LogP contribution in [0.3, 0.4) is 0 Å². The lowest BCUT2D eigenvalue weighted by atomic mass is 10.1.